The highest BCUT2D eigenvalue weighted by Gasteiger charge is 2.27. The molecule has 0 bridgehead atoms. The van der Waals surface area contributed by atoms with E-state index in [0.717, 1.165) is 25.2 Å². The van der Waals surface area contributed by atoms with E-state index in [4.69, 9.17) is 0 Å². The molecule has 0 aromatic heterocycles. The molecule has 1 aromatic carbocycles. The van der Waals surface area contributed by atoms with Crippen LogP contribution >= 0.6 is 0 Å². The molecule has 0 aliphatic heterocycles. The minimum absolute atomic E-state index is 0.296. The van der Waals surface area contributed by atoms with Gasteiger partial charge in [-0.1, -0.05) is 0 Å². The Morgan fingerprint density at radius 3 is 1.79 bits per heavy atom. The van der Waals surface area contributed by atoms with Crippen molar-refractivity contribution in [2.45, 2.75) is 17.7 Å². The van der Waals surface area contributed by atoms with Crippen molar-refractivity contribution < 1.29 is 17.2 Å². The highest BCUT2D eigenvalue weighted by Crippen LogP contribution is 2.20. The number of hydrogen-bond acceptors (Lipinski definition) is 4. The molecule has 0 amide bonds. The minimum Gasteiger partial charge on any atom is -0.309 e. The fourth-order valence-electron chi connectivity index (χ4n) is 2.30. The van der Waals surface area contributed by atoms with E-state index >= 15 is 0 Å². The second kappa shape index (κ2) is 9.41. The molecular weight excluding hydrogens is 336 g/mol. The van der Waals surface area contributed by atoms with Crippen molar-refractivity contribution >= 4 is 10.0 Å². The summed E-state index contributed by atoms with van der Waals surface area (Å²) in [6.07, 6.45) is 1.27. The first-order chi connectivity index (χ1) is 11.1. The third-order valence-electron chi connectivity index (χ3n) is 3.54. The maximum Gasteiger partial charge on any atom is 0.245 e. The topological polar surface area (TPSA) is 43.9 Å². The van der Waals surface area contributed by atoms with Gasteiger partial charge in [0.15, 0.2) is 0 Å². The Labute approximate surface area is 143 Å². The molecule has 0 radical (unpaired) electrons. The summed E-state index contributed by atoms with van der Waals surface area (Å²) in [5, 5.41) is 0. The van der Waals surface area contributed by atoms with Crippen molar-refractivity contribution in [1.82, 2.24) is 14.1 Å². The lowest BCUT2D eigenvalue weighted by Gasteiger charge is -2.24. The van der Waals surface area contributed by atoms with Crippen molar-refractivity contribution in [3.63, 3.8) is 0 Å². The standard InChI is InChI=1S/C16H27F2N3O2S/c1-19(2)9-5-11-21(12-6-10-20(3)4)24(22,23)16-8-7-14(17)13-15(16)18/h7-8,13H,5-6,9-12H2,1-4H3. The second-order valence-corrected chi connectivity index (χ2v) is 8.20. The summed E-state index contributed by atoms with van der Waals surface area (Å²) in [6, 6.07) is 2.56. The molecule has 5 nitrogen and oxygen atoms in total. The second-order valence-electron chi connectivity index (χ2n) is 6.29. The van der Waals surface area contributed by atoms with E-state index in [1.54, 1.807) is 0 Å². The van der Waals surface area contributed by atoms with Crippen molar-refractivity contribution in [2.24, 2.45) is 0 Å². The van der Waals surface area contributed by atoms with Gasteiger partial charge in [-0.3, -0.25) is 0 Å². The fraction of sp³-hybridized carbons (Fsp3) is 0.625. The van der Waals surface area contributed by atoms with Gasteiger partial charge in [0.05, 0.1) is 0 Å². The third-order valence-corrected chi connectivity index (χ3v) is 5.47. The Morgan fingerprint density at radius 2 is 1.38 bits per heavy atom. The zero-order valence-electron chi connectivity index (χ0n) is 14.8. The smallest absolute Gasteiger partial charge is 0.245 e. The summed E-state index contributed by atoms with van der Waals surface area (Å²) in [5.41, 5.74) is 0. The first-order valence-corrected chi connectivity index (χ1v) is 9.33. The first kappa shape index (κ1) is 21.0. The largest absolute Gasteiger partial charge is 0.309 e. The molecule has 24 heavy (non-hydrogen) atoms. The lowest BCUT2D eigenvalue weighted by Crippen LogP contribution is -2.36. The molecule has 0 aliphatic carbocycles. The molecule has 0 fully saturated rings. The van der Waals surface area contributed by atoms with Gasteiger partial charge in [-0.25, -0.2) is 17.2 Å². The lowest BCUT2D eigenvalue weighted by atomic mass is 10.3. The Kier molecular flexibility index (Phi) is 8.21. The molecule has 1 rings (SSSR count). The molecule has 0 spiro atoms. The van der Waals surface area contributed by atoms with Gasteiger partial charge in [0, 0.05) is 19.2 Å². The molecule has 1 aromatic rings. The molecule has 0 saturated heterocycles. The normalized spacial score (nSPS) is 12.5. The van der Waals surface area contributed by atoms with Crippen LogP contribution in [0.1, 0.15) is 12.8 Å². The molecule has 0 aliphatic rings. The SMILES string of the molecule is CN(C)CCCN(CCCN(C)C)S(=O)(=O)c1ccc(F)cc1F. The predicted octanol–water partition coefficient (Wildman–Crippen LogP) is 1.86. The van der Waals surface area contributed by atoms with Crippen molar-refractivity contribution in [1.29, 1.82) is 0 Å². The molecule has 0 heterocycles. The van der Waals surface area contributed by atoms with Crippen molar-refractivity contribution in [2.75, 3.05) is 54.4 Å². The molecule has 0 N–H and O–H groups in total. The maximum atomic E-state index is 13.9. The highest BCUT2D eigenvalue weighted by atomic mass is 32.2. The quantitative estimate of drug-likeness (QED) is 0.636. The molecule has 138 valence electrons. The van der Waals surface area contributed by atoms with Crippen LogP contribution in [0.25, 0.3) is 0 Å². The Bertz CT molecular complexity index is 608. The zero-order chi connectivity index (χ0) is 18.3. The summed E-state index contributed by atoms with van der Waals surface area (Å²) in [6.45, 7) is 2.05. The number of nitrogens with zero attached hydrogens (tertiary/aromatic N) is 3. The van der Waals surface area contributed by atoms with Crippen LogP contribution in [0.4, 0.5) is 8.78 Å². The van der Waals surface area contributed by atoms with Gasteiger partial charge in [-0.05, 0) is 66.3 Å². The van der Waals surface area contributed by atoms with Gasteiger partial charge in [0.25, 0.3) is 0 Å². The van der Waals surface area contributed by atoms with Gasteiger partial charge in [0.1, 0.15) is 16.5 Å². The van der Waals surface area contributed by atoms with Crippen LogP contribution in [-0.2, 0) is 10.0 Å². The monoisotopic (exact) mass is 363 g/mol. The van der Waals surface area contributed by atoms with Crippen LogP contribution in [-0.4, -0.2) is 76.9 Å². The molecular formula is C16H27F2N3O2S. The number of halogens is 2. The zero-order valence-corrected chi connectivity index (χ0v) is 15.6. The van der Waals surface area contributed by atoms with Crippen LogP contribution < -0.4 is 0 Å². The van der Waals surface area contributed by atoms with Crippen LogP contribution in [0.3, 0.4) is 0 Å². The number of sulfonamides is 1. The highest BCUT2D eigenvalue weighted by molar-refractivity contribution is 7.89. The average molecular weight is 363 g/mol. The molecule has 8 heteroatoms. The number of rotatable bonds is 10. The summed E-state index contributed by atoms with van der Waals surface area (Å²) in [5.74, 6) is -1.85. The maximum absolute atomic E-state index is 13.9. The summed E-state index contributed by atoms with van der Waals surface area (Å²) in [4.78, 5) is 3.45. The van der Waals surface area contributed by atoms with E-state index in [-0.39, 0.29) is 0 Å². The molecule has 0 atom stereocenters. The van der Waals surface area contributed by atoms with Crippen LogP contribution in [0.5, 0.6) is 0 Å². The lowest BCUT2D eigenvalue weighted by molar-refractivity contribution is 0.326. The van der Waals surface area contributed by atoms with Crippen LogP contribution in [0.15, 0.2) is 23.1 Å². The number of benzene rings is 1. The number of hydrogen-bond donors (Lipinski definition) is 0. The van der Waals surface area contributed by atoms with E-state index in [0.29, 0.717) is 32.0 Å². The summed E-state index contributed by atoms with van der Waals surface area (Å²) >= 11 is 0. The van der Waals surface area contributed by atoms with Gasteiger partial charge < -0.3 is 9.80 Å². The first-order valence-electron chi connectivity index (χ1n) is 7.89. The van der Waals surface area contributed by atoms with E-state index in [1.807, 2.05) is 38.0 Å². The Hall–Kier alpha value is -1.09. The molecule has 0 saturated carbocycles. The van der Waals surface area contributed by atoms with Gasteiger partial charge in [0.2, 0.25) is 10.0 Å². The summed E-state index contributed by atoms with van der Waals surface area (Å²) < 4.78 is 53.8. The van der Waals surface area contributed by atoms with Gasteiger partial charge in [-0.15, -0.1) is 0 Å². The Balaban J connectivity index is 2.96. The predicted molar refractivity (Wildman–Crippen MR) is 91.5 cm³/mol. The van der Waals surface area contributed by atoms with Crippen molar-refractivity contribution in [3.8, 4) is 0 Å². The molecule has 0 unspecified atom stereocenters. The average Bonchev–Trinajstić information content (AvgIpc) is 2.44. The van der Waals surface area contributed by atoms with E-state index < -0.39 is 26.6 Å². The third kappa shape index (κ3) is 6.43. The van der Waals surface area contributed by atoms with Crippen LogP contribution in [0.2, 0.25) is 0 Å². The van der Waals surface area contributed by atoms with Crippen LogP contribution in [0, 0.1) is 11.6 Å². The van der Waals surface area contributed by atoms with E-state index in [2.05, 4.69) is 0 Å². The fourth-order valence-corrected chi connectivity index (χ4v) is 3.86. The van der Waals surface area contributed by atoms with Crippen molar-refractivity contribution in [3.05, 3.63) is 29.8 Å². The van der Waals surface area contributed by atoms with Gasteiger partial charge >= 0.3 is 0 Å². The van der Waals surface area contributed by atoms with E-state index in [9.17, 15) is 17.2 Å². The summed E-state index contributed by atoms with van der Waals surface area (Å²) in [7, 11) is 3.64. The van der Waals surface area contributed by atoms with Gasteiger partial charge in [-0.2, -0.15) is 4.31 Å². The minimum atomic E-state index is -3.99. The van der Waals surface area contributed by atoms with E-state index in [1.165, 1.54) is 4.31 Å². The Morgan fingerprint density at radius 1 is 0.875 bits per heavy atom.